The molecule has 10 heteroatoms. The number of benzene rings is 2. The summed E-state index contributed by atoms with van der Waals surface area (Å²) in [6.45, 7) is 0. The lowest BCUT2D eigenvalue weighted by Gasteiger charge is -2.27. The number of aromatic amines is 1. The van der Waals surface area contributed by atoms with Gasteiger partial charge in [-0.1, -0.05) is 22.6 Å². The van der Waals surface area contributed by atoms with Crippen LogP contribution in [0.1, 0.15) is 35.1 Å². The van der Waals surface area contributed by atoms with Crippen LogP contribution in [0.2, 0.25) is 0 Å². The molecule has 0 saturated carbocycles. The highest BCUT2D eigenvalue weighted by molar-refractivity contribution is 14.1. The number of fused-ring (bicyclic) bond motifs is 1. The molecule has 0 aliphatic carbocycles. The minimum Gasteiger partial charge on any atom is -0.497 e. The van der Waals surface area contributed by atoms with Crippen LogP contribution in [0.15, 0.2) is 48.8 Å². The fraction of sp³-hybridized carbons (Fsp3) is 0.273. The number of nitrogens with one attached hydrogen (secondary N) is 1. The Morgan fingerprint density at radius 3 is 2.53 bits per heavy atom. The molecule has 1 amide bonds. The molecule has 32 heavy (non-hydrogen) atoms. The number of halogens is 1. The number of imidazole rings is 1. The van der Waals surface area contributed by atoms with E-state index in [0.29, 0.717) is 17.0 Å². The fourth-order valence-electron chi connectivity index (χ4n) is 4.07. The number of likely N-dealkylation sites (tertiary alicyclic amines) is 1. The van der Waals surface area contributed by atoms with Crippen LogP contribution in [0.4, 0.5) is 0 Å². The minimum absolute atomic E-state index is 0.0254. The molecule has 5 rings (SSSR count). The molecule has 9 nitrogen and oxygen atoms in total. The van der Waals surface area contributed by atoms with Gasteiger partial charge in [0, 0.05) is 6.07 Å². The summed E-state index contributed by atoms with van der Waals surface area (Å²) < 4.78 is 10.7. The maximum Gasteiger partial charge on any atom is 0.257 e. The molecular formula is C22H21IN6O3. The zero-order chi connectivity index (χ0) is 22.2. The molecule has 3 heterocycles. The first-order chi connectivity index (χ1) is 15.6. The van der Waals surface area contributed by atoms with Gasteiger partial charge >= 0.3 is 0 Å². The quantitative estimate of drug-likeness (QED) is 0.233. The zero-order valence-electron chi connectivity index (χ0n) is 17.5. The molecular weight excluding hydrogens is 523 g/mol. The number of ether oxygens (including phenoxy) is 2. The molecule has 2 aromatic heterocycles. The monoisotopic (exact) mass is 544 g/mol. The number of aromatic nitrogens is 5. The van der Waals surface area contributed by atoms with Crippen LogP contribution in [-0.4, -0.2) is 54.0 Å². The van der Waals surface area contributed by atoms with E-state index < -0.39 is 0 Å². The molecule has 2 atom stereocenters. The van der Waals surface area contributed by atoms with Gasteiger partial charge in [0.2, 0.25) is 0 Å². The van der Waals surface area contributed by atoms with Gasteiger partial charge in [0.1, 0.15) is 17.3 Å². The predicted octanol–water partition coefficient (Wildman–Crippen LogP) is 3.90. The molecule has 1 N–H and O–H groups in total. The van der Waals surface area contributed by atoms with E-state index in [4.69, 9.17) is 14.5 Å². The Balaban J connectivity index is 1.55. The van der Waals surface area contributed by atoms with Crippen molar-refractivity contribution in [1.82, 2.24) is 29.9 Å². The molecule has 4 aromatic rings. The standard InChI is InChI=1S/C22H21IN6O3/c1-31-13-4-6-18(29-24-9-10-25-29)15(11-13)22(30)28-19(7-8-20(28)23)21-26-16-5-3-14(32-2)12-17(16)27-21/h3-6,9-12,19-20H,7-8H2,1-2H3,(H,26,27)/t19-,20-/m0/s1. The second-order valence-electron chi connectivity index (χ2n) is 7.45. The van der Waals surface area contributed by atoms with E-state index in [9.17, 15) is 4.79 Å². The SMILES string of the molecule is COc1ccc(-n2nccn2)c(C(=O)N2[C@H](I)CC[C@H]2c2nc3ccc(OC)cc3[nH]2)c1. The van der Waals surface area contributed by atoms with Crippen molar-refractivity contribution in [2.75, 3.05) is 14.2 Å². The average molecular weight is 544 g/mol. The number of hydrogen-bond donors (Lipinski definition) is 1. The Morgan fingerprint density at radius 2 is 1.78 bits per heavy atom. The Hall–Kier alpha value is -3.15. The summed E-state index contributed by atoms with van der Waals surface area (Å²) in [7, 11) is 3.22. The topological polar surface area (TPSA) is 98.2 Å². The molecule has 1 aliphatic rings. The van der Waals surface area contributed by atoms with E-state index in [1.54, 1.807) is 44.8 Å². The lowest BCUT2D eigenvalue weighted by Crippen LogP contribution is -2.35. The summed E-state index contributed by atoms with van der Waals surface area (Å²) in [4.78, 5) is 25.4. The Morgan fingerprint density at radius 1 is 1.06 bits per heavy atom. The lowest BCUT2D eigenvalue weighted by atomic mass is 10.1. The highest BCUT2D eigenvalue weighted by atomic mass is 127. The summed E-state index contributed by atoms with van der Waals surface area (Å²) in [6, 6.07) is 10.9. The number of rotatable bonds is 5. The molecule has 2 aromatic carbocycles. The molecule has 0 unspecified atom stereocenters. The number of methoxy groups -OCH3 is 2. The van der Waals surface area contributed by atoms with Crippen LogP contribution in [0.3, 0.4) is 0 Å². The third-order valence-corrected chi connectivity index (χ3v) is 6.86. The molecule has 164 valence electrons. The van der Waals surface area contributed by atoms with E-state index >= 15 is 0 Å². The van der Waals surface area contributed by atoms with Crippen LogP contribution < -0.4 is 9.47 Å². The van der Waals surface area contributed by atoms with Crippen molar-refractivity contribution in [2.45, 2.75) is 22.9 Å². The van der Waals surface area contributed by atoms with E-state index in [0.717, 1.165) is 35.4 Å². The number of hydrogen-bond acceptors (Lipinski definition) is 6. The smallest absolute Gasteiger partial charge is 0.257 e. The van der Waals surface area contributed by atoms with E-state index in [-0.39, 0.29) is 16.0 Å². The summed E-state index contributed by atoms with van der Waals surface area (Å²) in [6.07, 6.45) is 4.86. The summed E-state index contributed by atoms with van der Waals surface area (Å²) in [5.74, 6) is 2.01. The van der Waals surface area contributed by atoms with Crippen LogP contribution in [0, 0.1) is 0 Å². The van der Waals surface area contributed by atoms with Crippen LogP contribution >= 0.6 is 22.6 Å². The summed E-state index contributed by atoms with van der Waals surface area (Å²) >= 11 is 2.33. The number of nitrogens with zero attached hydrogens (tertiary/aromatic N) is 5. The third-order valence-electron chi connectivity index (χ3n) is 5.64. The summed E-state index contributed by atoms with van der Waals surface area (Å²) in [5, 5.41) is 8.43. The van der Waals surface area contributed by atoms with Crippen molar-refractivity contribution in [3.63, 3.8) is 0 Å². The fourth-order valence-corrected chi connectivity index (χ4v) is 5.07. The van der Waals surface area contributed by atoms with Crippen LogP contribution in [0.25, 0.3) is 16.7 Å². The number of alkyl halides is 1. The predicted molar refractivity (Wildman–Crippen MR) is 127 cm³/mol. The lowest BCUT2D eigenvalue weighted by molar-refractivity contribution is 0.0720. The van der Waals surface area contributed by atoms with Gasteiger partial charge in [-0.05, 0) is 43.2 Å². The van der Waals surface area contributed by atoms with Gasteiger partial charge in [0.05, 0.1) is 59.0 Å². The number of carbonyl (C=O) groups is 1. The van der Waals surface area contributed by atoms with E-state index in [1.807, 2.05) is 23.1 Å². The zero-order valence-corrected chi connectivity index (χ0v) is 19.7. The van der Waals surface area contributed by atoms with Gasteiger partial charge in [0.25, 0.3) is 5.91 Å². The molecule has 1 saturated heterocycles. The van der Waals surface area contributed by atoms with Gasteiger partial charge < -0.3 is 19.4 Å². The van der Waals surface area contributed by atoms with Gasteiger partial charge in [0.15, 0.2) is 0 Å². The highest BCUT2D eigenvalue weighted by Gasteiger charge is 2.39. The van der Waals surface area contributed by atoms with Crippen LogP contribution in [0.5, 0.6) is 11.5 Å². The van der Waals surface area contributed by atoms with Crippen molar-refractivity contribution >= 4 is 39.5 Å². The van der Waals surface area contributed by atoms with Crippen molar-refractivity contribution in [3.05, 3.63) is 60.2 Å². The first-order valence-electron chi connectivity index (χ1n) is 10.1. The van der Waals surface area contributed by atoms with Crippen LogP contribution in [-0.2, 0) is 0 Å². The molecule has 0 spiro atoms. The first-order valence-corrected chi connectivity index (χ1v) is 11.4. The molecule has 1 aliphatic heterocycles. The van der Waals surface area contributed by atoms with Crippen molar-refractivity contribution in [2.24, 2.45) is 0 Å². The maximum atomic E-state index is 13.9. The number of carbonyl (C=O) groups excluding carboxylic acids is 1. The van der Waals surface area contributed by atoms with E-state index in [1.165, 1.54) is 4.80 Å². The number of amides is 1. The number of H-pyrrole nitrogens is 1. The first kappa shape index (κ1) is 20.7. The Labute approximate surface area is 197 Å². The van der Waals surface area contributed by atoms with Crippen molar-refractivity contribution in [1.29, 1.82) is 0 Å². The highest BCUT2D eigenvalue weighted by Crippen LogP contribution is 2.40. The molecule has 1 fully saturated rings. The third kappa shape index (κ3) is 3.57. The van der Waals surface area contributed by atoms with Gasteiger partial charge in [-0.25, -0.2) is 4.98 Å². The van der Waals surface area contributed by atoms with Crippen molar-refractivity contribution < 1.29 is 14.3 Å². The minimum atomic E-state index is -0.174. The maximum absolute atomic E-state index is 13.9. The van der Waals surface area contributed by atoms with Crippen molar-refractivity contribution in [3.8, 4) is 17.2 Å². The molecule has 0 radical (unpaired) electrons. The van der Waals surface area contributed by atoms with Gasteiger partial charge in [-0.15, -0.1) is 0 Å². The second kappa shape index (κ2) is 8.41. The van der Waals surface area contributed by atoms with Gasteiger partial charge in [-0.2, -0.15) is 15.0 Å². The Bertz CT molecular complexity index is 1270. The second-order valence-corrected chi connectivity index (χ2v) is 8.88. The van der Waals surface area contributed by atoms with Gasteiger partial charge in [-0.3, -0.25) is 4.79 Å². The molecule has 0 bridgehead atoms. The Kier molecular flexibility index (Phi) is 5.45. The largest absolute Gasteiger partial charge is 0.497 e. The summed E-state index contributed by atoms with van der Waals surface area (Å²) in [5.41, 5.74) is 2.80. The average Bonchev–Trinajstić information content (AvgIpc) is 3.57. The normalized spacial score (nSPS) is 18.3. The van der Waals surface area contributed by atoms with E-state index in [2.05, 4.69) is 37.8 Å².